The van der Waals surface area contributed by atoms with E-state index in [1.165, 1.54) is 0 Å². The van der Waals surface area contributed by atoms with E-state index in [1.807, 2.05) is 0 Å². The van der Waals surface area contributed by atoms with Crippen molar-refractivity contribution in [2.45, 2.75) is 31.3 Å². The van der Waals surface area contributed by atoms with Gasteiger partial charge in [0.25, 0.3) is 0 Å². The lowest BCUT2D eigenvalue weighted by Gasteiger charge is -2.43. The monoisotopic (exact) mass is 192 g/mol. The van der Waals surface area contributed by atoms with Gasteiger partial charge in [-0.05, 0) is 6.42 Å². The van der Waals surface area contributed by atoms with Crippen molar-refractivity contribution in [2.75, 3.05) is 6.61 Å². The lowest BCUT2D eigenvalue weighted by Crippen LogP contribution is -2.46. The highest BCUT2D eigenvalue weighted by Gasteiger charge is 2.60. The van der Waals surface area contributed by atoms with Crippen LogP contribution in [0.1, 0.15) is 19.3 Å². The van der Waals surface area contributed by atoms with Crippen molar-refractivity contribution in [3.8, 4) is 0 Å². The second-order valence-corrected chi connectivity index (χ2v) is 4.05. The normalized spacial score (nSPS) is 34.5. The van der Waals surface area contributed by atoms with Crippen molar-refractivity contribution in [1.29, 1.82) is 0 Å². The molecule has 5 heteroatoms. The zero-order chi connectivity index (χ0) is 9.69. The van der Waals surface area contributed by atoms with Gasteiger partial charge in [0.05, 0.1) is 6.61 Å². The van der Waals surface area contributed by atoms with Gasteiger partial charge >= 0.3 is 5.97 Å². The first-order valence-electron chi connectivity index (χ1n) is 4.15. The molecule has 1 atom stereocenters. The zero-order valence-electron chi connectivity index (χ0n) is 6.93. The Labute approximate surface area is 73.7 Å². The van der Waals surface area contributed by atoms with Crippen molar-refractivity contribution in [1.82, 2.24) is 0 Å². The van der Waals surface area contributed by atoms with Crippen LogP contribution in [0.3, 0.4) is 0 Å². The predicted molar refractivity (Wildman–Crippen MR) is 38.6 cm³/mol. The van der Waals surface area contributed by atoms with Gasteiger partial charge in [0.2, 0.25) is 5.92 Å². The number of carbonyl (C=O) groups is 1. The third kappa shape index (κ3) is 1.41. The van der Waals surface area contributed by atoms with Gasteiger partial charge in [-0.15, -0.1) is 0 Å². The lowest BCUT2D eigenvalue weighted by atomic mass is 9.65. The van der Waals surface area contributed by atoms with Crippen LogP contribution in [0.25, 0.3) is 0 Å². The smallest absolute Gasteiger partial charge is 0.332 e. The molecule has 1 spiro atoms. The highest BCUT2D eigenvalue weighted by atomic mass is 19.3. The lowest BCUT2D eigenvalue weighted by molar-refractivity contribution is -0.160. The van der Waals surface area contributed by atoms with Crippen LogP contribution < -0.4 is 0 Å². The molecule has 0 radical (unpaired) electrons. The number of halogens is 2. The van der Waals surface area contributed by atoms with E-state index < -0.39 is 23.4 Å². The first-order valence-corrected chi connectivity index (χ1v) is 4.15. The van der Waals surface area contributed by atoms with Crippen LogP contribution in [0.4, 0.5) is 8.78 Å². The molecular formula is C8H10F2O3. The number of carboxylic acid groups (broad SMARTS) is 1. The maximum atomic E-state index is 12.6. The third-order valence-corrected chi connectivity index (χ3v) is 2.75. The Morgan fingerprint density at radius 3 is 2.46 bits per heavy atom. The Morgan fingerprint density at radius 2 is 2.08 bits per heavy atom. The van der Waals surface area contributed by atoms with Crippen molar-refractivity contribution in [3.63, 3.8) is 0 Å². The molecule has 0 aromatic rings. The van der Waals surface area contributed by atoms with Gasteiger partial charge in [-0.2, -0.15) is 0 Å². The van der Waals surface area contributed by atoms with E-state index in [0.717, 1.165) is 0 Å². The summed E-state index contributed by atoms with van der Waals surface area (Å²) in [4.78, 5) is 10.5. The number of ether oxygens (including phenoxy) is 1. The Bertz CT molecular complexity index is 244. The van der Waals surface area contributed by atoms with Crippen molar-refractivity contribution in [2.24, 2.45) is 5.41 Å². The molecule has 1 aliphatic carbocycles. The van der Waals surface area contributed by atoms with Gasteiger partial charge in [0.15, 0.2) is 6.10 Å². The number of carboxylic acids is 1. The van der Waals surface area contributed by atoms with E-state index in [0.29, 0.717) is 0 Å². The van der Waals surface area contributed by atoms with Gasteiger partial charge in [-0.25, -0.2) is 13.6 Å². The SMILES string of the molecule is O=C(O)C1CC2(CO1)CC(F)(F)C2. The molecule has 0 aromatic carbocycles. The first kappa shape index (κ1) is 8.87. The Hall–Kier alpha value is -0.710. The van der Waals surface area contributed by atoms with Crippen LogP contribution in [0.5, 0.6) is 0 Å². The Kier molecular flexibility index (Phi) is 1.64. The molecule has 2 rings (SSSR count). The average Bonchev–Trinajstić information content (AvgIpc) is 2.29. The summed E-state index contributed by atoms with van der Waals surface area (Å²) in [7, 11) is 0. The van der Waals surface area contributed by atoms with Crippen LogP contribution in [-0.4, -0.2) is 29.7 Å². The maximum Gasteiger partial charge on any atom is 0.332 e. The number of alkyl halides is 2. The van der Waals surface area contributed by atoms with Crippen molar-refractivity contribution >= 4 is 5.97 Å². The van der Waals surface area contributed by atoms with Crippen LogP contribution in [0, 0.1) is 5.41 Å². The minimum absolute atomic E-state index is 0.166. The number of rotatable bonds is 1. The summed E-state index contributed by atoms with van der Waals surface area (Å²) in [6.45, 7) is 0.166. The summed E-state index contributed by atoms with van der Waals surface area (Å²) >= 11 is 0. The molecule has 13 heavy (non-hydrogen) atoms. The second-order valence-electron chi connectivity index (χ2n) is 4.05. The molecule has 1 heterocycles. The fraction of sp³-hybridized carbons (Fsp3) is 0.875. The van der Waals surface area contributed by atoms with Crippen molar-refractivity contribution < 1.29 is 23.4 Å². The molecule has 2 fully saturated rings. The van der Waals surface area contributed by atoms with Gasteiger partial charge in [-0.3, -0.25) is 0 Å². The van der Waals surface area contributed by atoms with E-state index in [1.54, 1.807) is 0 Å². The molecule has 1 saturated heterocycles. The Balaban J connectivity index is 1.97. The summed E-state index contributed by atoms with van der Waals surface area (Å²) in [5.74, 6) is -3.65. The molecule has 1 N–H and O–H groups in total. The second kappa shape index (κ2) is 2.41. The quantitative estimate of drug-likeness (QED) is 0.680. The molecule has 1 aliphatic heterocycles. The van der Waals surface area contributed by atoms with Gasteiger partial charge in [0, 0.05) is 18.3 Å². The number of aliphatic carboxylic acids is 1. The molecule has 1 unspecified atom stereocenters. The largest absolute Gasteiger partial charge is 0.479 e. The minimum Gasteiger partial charge on any atom is -0.479 e. The number of hydrogen-bond acceptors (Lipinski definition) is 2. The Morgan fingerprint density at radius 1 is 1.46 bits per heavy atom. The highest BCUT2D eigenvalue weighted by molar-refractivity contribution is 5.72. The van der Waals surface area contributed by atoms with Crippen LogP contribution in [0.15, 0.2) is 0 Å². The van der Waals surface area contributed by atoms with E-state index in [9.17, 15) is 13.6 Å². The van der Waals surface area contributed by atoms with Crippen LogP contribution >= 0.6 is 0 Å². The van der Waals surface area contributed by atoms with E-state index in [-0.39, 0.29) is 25.9 Å². The highest BCUT2D eigenvalue weighted by Crippen LogP contribution is 2.57. The molecule has 1 saturated carbocycles. The van der Waals surface area contributed by atoms with E-state index in [2.05, 4.69) is 0 Å². The molecule has 74 valence electrons. The van der Waals surface area contributed by atoms with Gasteiger partial charge < -0.3 is 9.84 Å². The third-order valence-electron chi connectivity index (χ3n) is 2.75. The van der Waals surface area contributed by atoms with E-state index in [4.69, 9.17) is 9.84 Å². The molecule has 0 bridgehead atoms. The van der Waals surface area contributed by atoms with Gasteiger partial charge in [-0.1, -0.05) is 0 Å². The standard InChI is InChI=1S/C8H10F2O3/c9-8(10)2-7(3-8)1-5(6(11)12)13-4-7/h5H,1-4H2,(H,11,12). The van der Waals surface area contributed by atoms with E-state index >= 15 is 0 Å². The average molecular weight is 192 g/mol. The number of hydrogen-bond donors (Lipinski definition) is 1. The fourth-order valence-electron chi connectivity index (χ4n) is 2.24. The molecule has 0 aromatic heterocycles. The minimum atomic E-state index is -2.60. The molecule has 2 aliphatic rings. The summed E-state index contributed by atoms with van der Waals surface area (Å²) in [6.07, 6.45) is -1.08. The van der Waals surface area contributed by atoms with Gasteiger partial charge in [0.1, 0.15) is 0 Å². The summed E-state index contributed by atoms with van der Waals surface area (Å²) in [6, 6.07) is 0. The van der Waals surface area contributed by atoms with Crippen LogP contribution in [-0.2, 0) is 9.53 Å². The fourth-order valence-corrected chi connectivity index (χ4v) is 2.24. The van der Waals surface area contributed by atoms with Crippen molar-refractivity contribution in [3.05, 3.63) is 0 Å². The molecule has 0 amide bonds. The predicted octanol–water partition coefficient (Wildman–Crippen LogP) is 1.28. The van der Waals surface area contributed by atoms with Crippen LogP contribution in [0.2, 0.25) is 0 Å². The maximum absolute atomic E-state index is 12.6. The summed E-state index contributed by atoms with van der Waals surface area (Å²) in [5, 5.41) is 8.58. The summed E-state index contributed by atoms with van der Waals surface area (Å²) < 4.78 is 30.1. The first-order chi connectivity index (χ1) is 5.93. The molecular weight excluding hydrogens is 182 g/mol. The zero-order valence-corrected chi connectivity index (χ0v) is 6.93. The topological polar surface area (TPSA) is 46.5 Å². The molecule has 3 nitrogen and oxygen atoms in total. The summed E-state index contributed by atoms with van der Waals surface area (Å²) in [5.41, 5.74) is -0.549.